The van der Waals surface area contributed by atoms with E-state index in [0.29, 0.717) is 5.92 Å². The number of aromatic nitrogens is 1. The maximum absolute atomic E-state index is 9.17. The van der Waals surface area contributed by atoms with Gasteiger partial charge in [-0.1, -0.05) is 29.3 Å². The minimum absolute atomic E-state index is 0.255. The van der Waals surface area contributed by atoms with E-state index in [0.717, 1.165) is 23.7 Å². The van der Waals surface area contributed by atoms with Gasteiger partial charge in [-0.2, -0.15) is 0 Å². The molecule has 17 heavy (non-hydrogen) atoms. The van der Waals surface area contributed by atoms with Crippen molar-refractivity contribution in [3.05, 3.63) is 34.4 Å². The van der Waals surface area contributed by atoms with Crippen LogP contribution in [0.4, 0.5) is 0 Å². The average Bonchev–Trinajstić information content (AvgIpc) is 2.71. The van der Waals surface area contributed by atoms with Gasteiger partial charge >= 0.3 is 0 Å². The Morgan fingerprint density at radius 3 is 2.88 bits per heavy atom. The van der Waals surface area contributed by atoms with Crippen molar-refractivity contribution in [1.29, 1.82) is 0 Å². The molecule has 2 aromatic rings. The van der Waals surface area contributed by atoms with E-state index in [9.17, 15) is 0 Å². The molecule has 2 rings (SSSR count). The van der Waals surface area contributed by atoms with Crippen LogP contribution in [0.5, 0.6) is 0 Å². The van der Waals surface area contributed by atoms with E-state index in [1.54, 1.807) is 0 Å². The Hall–Kier alpha value is -0.800. The molecular formula is C14H18BrNO. The highest BCUT2D eigenvalue weighted by Crippen LogP contribution is 2.32. The van der Waals surface area contributed by atoms with E-state index >= 15 is 0 Å². The maximum atomic E-state index is 9.17. The topological polar surface area (TPSA) is 36.0 Å². The summed E-state index contributed by atoms with van der Waals surface area (Å²) in [6.07, 6.45) is 5.20. The van der Waals surface area contributed by atoms with Crippen LogP contribution in [0.1, 0.15) is 37.7 Å². The molecule has 0 aliphatic carbocycles. The Morgan fingerprint density at radius 1 is 1.35 bits per heavy atom. The summed E-state index contributed by atoms with van der Waals surface area (Å²) >= 11 is 3.52. The summed E-state index contributed by atoms with van der Waals surface area (Å²) in [6.45, 7) is 2.44. The van der Waals surface area contributed by atoms with Crippen molar-refractivity contribution in [1.82, 2.24) is 4.98 Å². The Kier molecular flexibility index (Phi) is 4.24. The Balaban J connectivity index is 2.41. The zero-order valence-corrected chi connectivity index (χ0v) is 11.6. The highest BCUT2D eigenvalue weighted by Gasteiger charge is 2.14. The summed E-state index contributed by atoms with van der Waals surface area (Å²) < 4.78 is 1.10. The zero-order chi connectivity index (χ0) is 12.3. The summed E-state index contributed by atoms with van der Waals surface area (Å²) in [7, 11) is 0. The van der Waals surface area contributed by atoms with Crippen molar-refractivity contribution in [3.63, 3.8) is 0 Å². The van der Waals surface area contributed by atoms with Gasteiger partial charge in [0.1, 0.15) is 0 Å². The van der Waals surface area contributed by atoms with Crippen LogP contribution in [-0.4, -0.2) is 16.7 Å². The number of aromatic amines is 1. The monoisotopic (exact) mass is 295 g/mol. The van der Waals surface area contributed by atoms with E-state index < -0.39 is 0 Å². The number of H-pyrrole nitrogens is 1. The summed E-state index contributed by atoms with van der Waals surface area (Å²) in [5, 5.41) is 10.4. The molecule has 2 nitrogen and oxygen atoms in total. The van der Waals surface area contributed by atoms with Crippen molar-refractivity contribution in [2.45, 2.75) is 32.1 Å². The molecule has 3 heteroatoms. The zero-order valence-electron chi connectivity index (χ0n) is 10.0. The third-order valence-electron chi connectivity index (χ3n) is 3.23. The molecule has 0 fully saturated rings. The number of benzene rings is 1. The van der Waals surface area contributed by atoms with Crippen molar-refractivity contribution >= 4 is 26.8 Å². The highest BCUT2D eigenvalue weighted by atomic mass is 79.9. The Labute approximate surface area is 110 Å². The SMILES string of the molecule is CCC[C@@H](CCO)c1c[nH]c2ccc(Br)cc12. The molecule has 0 bridgehead atoms. The van der Waals surface area contributed by atoms with E-state index in [-0.39, 0.29) is 6.61 Å². The van der Waals surface area contributed by atoms with Crippen LogP contribution in [0.3, 0.4) is 0 Å². The summed E-state index contributed by atoms with van der Waals surface area (Å²) in [6, 6.07) is 6.29. The lowest BCUT2D eigenvalue weighted by atomic mass is 9.91. The van der Waals surface area contributed by atoms with Crippen LogP contribution in [0.25, 0.3) is 10.9 Å². The molecule has 92 valence electrons. The van der Waals surface area contributed by atoms with Gasteiger partial charge in [0.2, 0.25) is 0 Å². The lowest BCUT2D eigenvalue weighted by Crippen LogP contribution is -2.00. The molecule has 2 N–H and O–H groups in total. The largest absolute Gasteiger partial charge is 0.396 e. The first-order valence-corrected chi connectivity index (χ1v) is 6.93. The molecule has 0 amide bonds. The number of hydrogen-bond acceptors (Lipinski definition) is 1. The molecule has 0 saturated carbocycles. The van der Waals surface area contributed by atoms with Gasteiger partial charge in [0.05, 0.1) is 0 Å². The third-order valence-corrected chi connectivity index (χ3v) is 3.72. The molecule has 0 radical (unpaired) electrons. The number of fused-ring (bicyclic) bond motifs is 1. The molecule has 0 saturated heterocycles. The standard InChI is InChI=1S/C14H18BrNO/c1-2-3-10(6-7-17)13-9-16-14-5-4-11(15)8-12(13)14/h4-5,8-10,16-17H,2-3,6-7H2,1H3/t10-/m0/s1. The summed E-state index contributed by atoms with van der Waals surface area (Å²) in [5.74, 6) is 0.452. The van der Waals surface area contributed by atoms with Gasteiger partial charge in [-0.05, 0) is 42.5 Å². The minimum Gasteiger partial charge on any atom is -0.396 e. The summed E-state index contributed by atoms with van der Waals surface area (Å²) in [5.41, 5.74) is 2.50. The van der Waals surface area contributed by atoms with E-state index in [1.165, 1.54) is 16.5 Å². The number of nitrogens with one attached hydrogen (secondary N) is 1. The van der Waals surface area contributed by atoms with E-state index in [4.69, 9.17) is 5.11 Å². The molecule has 1 aromatic carbocycles. The van der Waals surface area contributed by atoms with Crippen LogP contribution in [0.15, 0.2) is 28.9 Å². The number of hydrogen-bond donors (Lipinski definition) is 2. The Bertz CT molecular complexity index is 486. The fourth-order valence-corrected chi connectivity index (χ4v) is 2.77. The van der Waals surface area contributed by atoms with Gasteiger partial charge in [-0.25, -0.2) is 0 Å². The van der Waals surface area contributed by atoms with Crippen molar-refractivity contribution < 1.29 is 5.11 Å². The Morgan fingerprint density at radius 2 is 2.18 bits per heavy atom. The number of aliphatic hydroxyl groups is 1. The second-order valence-electron chi connectivity index (χ2n) is 4.43. The predicted octanol–water partition coefficient (Wildman–Crippen LogP) is 4.20. The van der Waals surface area contributed by atoms with Crippen LogP contribution < -0.4 is 0 Å². The second kappa shape index (κ2) is 5.69. The molecule has 0 unspecified atom stereocenters. The van der Waals surface area contributed by atoms with Gasteiger partial charge in [-0.15, -0.1) is 0 Å². The quantitative estimate of drug-likeness (QED) is 0.852. The third kappa shape index (κ3) is 2.72. The van der Waals surface area contributed by atoms with Gasteiger partial charge < -0.3 is 10.1 Å². The van der Waals surface area contributed by atoms with Gasteiger partial charge in [-0.3, -0.25) is 0 Å². The second-order valence-corrected chi connectivity index (χ2v) is 5.35. The van der Waals surface area contributed by atoms with E-state index in [1.807, 2.05) is 6.07 Å². The maximum Gasteiger partial charge on any atom is 0.0457 e. The van der Waals surface area contributed by atoms with Crippen LogP contribution in [-0.2, 0) is 0 Å². The van der Waals surface area contributed by atoms with Crippen LogP contribution >= 0.6 is 15.9 Å². The number of aliphatic hydroxyl groups excluding tert-OH is 1. The first kappa shape index (κ1) is 12.7. The van der Waals surface area contributed by atoms with Crippen molar-refractivity contribution in [2.24, 2.45) is 0 Å². The van der Waals surface area contributed by atoms with E-state index in [2.05, 4.69) is 46.2 Å². The van der Waals surface area contributed by atoms with Crippen molar-refractivity contribution in [3.8, 4) is 0 Å². The van der Waals surface area contributed by atoms with Crippen LogP contribution in [0.2, 0.25) is 0 Å². The van der Waals surface area contributed by atoms with Gasteiger partial charge in [0.15, 0.2) is 0 Å². The van der Waals surface area contributed by atoms with Gasteiger partial charge in [0, 0.05) is 28.2 Å². The minimum atomic E-state index is 0.255. The molecular weight excluding hydrogens is 278 g/mol. The van der Waals surface area contributed by atoms with Crippen molar-refractivity contribution in [2.75, 3.05) is 6.61 Å². The number of rotatable bonds is 5. The number of halogens is 1. The highest BCUT2D eigenvalue weighted by molar-refractivity contribution is 9.10. The lowest BCUT2D eigenvalue weighted by molar-refractivity contribution is 0.272. The molecule has 1 aromatic heterocycles. The molecule has 1 heterocycles. The normalized spacial score (nSPS) is 13.1. The lowest BCUT2D eigenvalue weighted by Gasteiger charge is -2.14. The smallest absolute Gasteiger partial charge is 0.0457 e. The first-order chi connectivity index (χ1) is 8.26. The first-order valence-electron chi connectivity index (χ1n) is 6.13. The fourth-order valence-electron chi connectivity index (χ4n) is 2.41. The fraction of sp³-hybridized carbons (Fsp3) is 0.429. The molecule has 0 aliphatic heterocycles. The summed E-state index contributed by atoms with van der Waals surface area (Å²) in [4.78, 5) is 3.31. The predicted molar refractivity (Wildman–Crippen MR) is 75.4 cm³/mol. The average molecular weight is 296 g/mol. The molecule has 1 atom stereocenters. The van der Waals surface area contributed by atoms with Gasteiger partial charge in [0.25, 0.3) is 0 Å². The molecule has 0 spiro atoms. The molecule has 0 aliphatic rings. The van der Waals surface area contributed by atoms with Crippen LogP contribution in [0, 0.1) is 0 Å².